The number of ether oxygens (including phenoxy) is 2. The summed E-state index contributed by atoms with van der Waals surface area (Å²) in [5.74, 6) is 1.40. The lowest BCUT2D eigenvalue weighted by molar-refractivity contribution is -0.676. The van der Waals surface area contributed by atoms with Crippen LogP contribution in [0.15, 0.2) is 35.5 Å². The standard InChI is InChI=1S/C20H24N5O4/c1-5-28-10-11-29-15-9-7-6-8-14(15)25-13(2)12-24-16-17(21-19(24)25)22(3)20(27)23(4)18(16)26/h6-9,12,16H,5,10-11H2,1-4H3/q+1. The van der Waals surface area contributed by atoms with Crippen molar-refractivity contribution in [1.82, 2.24) is 14.4 Å². The molecule has 4 rings (SSSR count). The third kappa shape index (κ3) is 2.98. The number of aromatic nitrogens is 2. The van der Waals surface area contributed by atoms with Crippen LogP contribution in [0.1, 0.15) is 18.7 Å². The number of urea groups is 1. The summed E-state index contributed by atoms with van der Waals surface area (Å²) < 4.78 is 15.0. The van der Waals surface area contributed by atoms with Crippen LogP contribution in [0.5, 0.6) is 5.75 Å². The first-order valence-electron chi connectivity index (χ1n) is 9.53. The third-order valence-electron chi connectivity index (χ3n) is 5.12. The van der Waals surface area contributed by atoms with Crippen LogP contribution in [0.2, 0.25) is 0 Å². The molecule has 1 saturated heterocycles. The number of rotatable bonds is 6. The lowest BCUT2D eigenvalue weighted by Gasteiger charge is -2.30. The van der Waals surface area contributed by atoms with Gasteiger partial charge in [-0.2, -0.15) is 4.57 Å². The second kappa shape index (κ2) is 7.32. The van der Waals surface area contributed by atoms with Gasteiger partial charge in [-0.25, -0.2) is 9.36 Å². The molecule has 3 amide bonds. The van der Waals surface area contributed by atoms with Crippen LogP contribution in [-0.4, -0.2) is 66.1 Å². The molecule has 0 N–H and O–H groups in total. The number of aryl methyl sites for hydroxylation is 1. The number of amidine groups is 1. The van der Waals surface area contributed by atoms with Gasteiger partial charge in [-0.15, -0.1) is 0 Å². The van der Waals surface area contributed by atoms with Gasteiger partial charge in [0.05, 0.1) is 6.61 Å². The maximum atomic E-state index is 12.8. The number of imidazole rings is 1. The Morgan fingerprint density at radius 1 is 1.14 bits per heavy atom. The molecular formula is C20H24N5O4+. The summed E-state index contributed by atoms with van der Waals surface area (Å²) in [5.41, 5.74) is 1.71. The number of likely N-dealkylation sites (N-methyl/N-ethyl adjacent to an activating group) is 2. The van der Waals surface area contributed by atoms with E-state index in [2.05, 4.69) is 4.99 Å². The van der Waals surface area contributed by atoms with Crippen LogP contribution in [-0.2, 0) is 9.53 Å². The summed E-state index contributed by atoms with van der Waals surface area (Å²) in [6.07, 6.45) is 1.88. The fourth-order valence-corrected chi connectivity index (χ4v) is 3.68. The van der Waals surface area contributed by atoms with Crippen molar-refractivity contribution in [3.05, 3.63) is 36.2 Å². The number of hydrogen-bond acceptors (Lipinski definition) is 5. The van der Waals surface area contributed by atoms with E-state index < -0.39 is 12.1 Å². The van der Waals surface area contributed by atoms with Crippen molar-refractivity contribution in [1.29, 1.82) is 0 Å². The molecule has 0 saturated carbocycles. The molecule has 0 radical (unpaired) electrons. The average molecular weight is 398 g/mol. The third-order valence-corrected chi connectivity index (χ3v) is 5.12. The van der Waals surface area contributed by atoms with E-state index in [1.165, 1.54) is 11.9 Å². The average Bonchev–Trinajstić information content (AvgIpc) is 3.23. The number of para-hydroxylation sites is 2. The minimum Gasteiger partial charge on any atom is -0.487 e. The molecule has 0 aliphatic carbocycles. The predicted octanol–water partition coefficient (Wildman–Crippen LogP) is 1.60. The van der Waals surface area contributed by atoms with Crippen molar-refractivity contribution in [2.24, 2.45) is 4.99 Å². The normalized spacial score (nSPS) is 18.1. The molecule has 29 heavy (non-hydrogen) atoms. The van der Waals surface area contributed by atoms with Gasteiger partial charge < -0.3 is 9.47 Å². The molecule has 1 atom stereocenters. The molecule has 2 aliphatic rings. The Labute approximate surface area is 168 Å². The molecule has 152 valence electrons. The largest absolute Gasteiger partial charge is 0.487 e. The van der Waals surface area contributed by atoms with Crippen molar-refractivity contribution in [3.8, 4) is 11.4 Å². The summed E-state index contributed by atoms with van der Waals surface area (Å²) in [5, 5.41) is 0. The summed E-state index contributed by atoms with van der Waals surface area (Å²) in [4.78, 5) is 32.3. The van der Waals surface area contributed by atoms with Gasteiger partial charge in [0.15, 0.2) is 5.75 Å². The van der Waals surface area contributed by atoms with Crippen molar-refractivity contribution in [2.75, 3.05) is 33.9 Å². The number of carbonyl (C=O) groups excluding carboxylic acids is 2. The molecule has 1 fully saturated rings. The number of imide groups is 1. The quantitative estimate of drug-likeness (QED) is 0.547. The molecule has 3 heterocycles. The van der Waals surface area contributed by atoms with Crippen LogP contribution < -0.4 is 9.30 Å². The molecular weight excluding hydrogens is 374 g/mol. The number of fused-ring (bicyclic) bond motifs is 3. The number of aliphatic imine (C=N–C) groups is 1. The van der Waals surface area contributed by atoms with Gasteiger partial charge in [0, 0.05) is 20.7 Å². The first-order valence-corrected chi connectivity index (χ1v) is 9.53. The minimum atomic E-state index is -0.649. The van der Waals surface area contributed by atoms with Crippen molar-refractivity contribution in [2.45, 2.75) is 19.9 Å². The zero-order valence-electron chi connectivity index (χ0n) is 17.0. The van der Waals surface area contributed by atoms with E-state index in [4.69, 9.17) is 9.47 Å². The fraction of sp³-hybridized carbons (Fsp3) is 0.400. The van der Waals surface area contributed by atoms with Gasteiger partial charge in [-0.05, 0) is 26.0 Å². The van der Waals surface area contributed by atoms with E-state index in [1.807, 2.05) is 53.4 Å². The fourth-order valence-electron chi connectivity index (χ4n) is 3.68. The first-order chi connectivity index (χ1) is 14.0. The van der Waals surface area contributed by atoms with Crippen LogP contribution >= 0.6 is 0 Å². The SMILES string of the molecule is CCOCCOc1ccccc1-n1c(C)c[n+]2c1N=C1C2C(=O)N(C)C(=O)N1C. The second-order valence-electron chi connectivity index (χ2n) is 6.94. The summed E-state index contributed by atoms with van der Waals surface area (Å²) in [7, 11) is 3.12. The van der Waals surface area contributed by atoms with Crippen LogP contribution in [0.25, 0.3) is 5.69 Å². The van der Waals surface area contributed by atoms with E-state index in [-0.39, 0.29) is 5.91 Å². The highest BCUT2D eigenvalue weighted by Gasteiger charge is 2.52. The maximum Gasteiger partial charge on any atom is 0.407 e. The Morgan fingerprint density at radius 3 is 2.66 bits per heavy atom. The van der Waals surface area contributed by atoms with Crippen molar-refractivity contribution < 1.29 is 23.6 Å². The van der Waals surface area contributed by atoms with E-state index in [0.29, 0.717) is 37.4 Å². The Balaban J connectivity index is 1.76. The monoisotopic (exact) mass is 398 g/mol. The predicted molar refractivity (Wildman–Crippen MR) is 105 cm³/mol. The van der Waals surface area contributed by atoms with E-state index in [9.17, 15) is 9.59 Å². The molecule has 2 aliphatic heterocycles. The van der Waals surface area contributed by atoms with Crippen LogP contribution in [0, 0.1) is 6.92 Å². The molecule has 0 bridgehead atoms. The summed E-state index contributed by atoms with van der Waals surface area (Å²) in [6, 6.07) is 6.62. The van der Waals surface area contributed by atoms with Gasteiger partial charge in [0.1, 0.15) is 24.2 Å². The van der Waals surface area contributed by atoms with Crippen LogP contribution in [0.3, 0.4) is 0 Å². The molecule has 9 nitrogen and oxygen atoms in total. The van der Waals surface area contributed by atoms with Gasteiger partial charge in [0.25, 0.3) is 5.91 Å². The number of amides is 3. The molecule has 1 aromatic heterocycles. The Bertz CT molecular complexity index is 1010. The summed E-state index contributed by atoms with van der Waals surface area (Å²) >= 11 is 0. The second-order valence-corrected chi connectivity index (χ2v) is 6.94. The van der Waals surface area contributed by atoms with E-state index in [1.54, 1.807) is 7.05 Å². The highest BCUT2D eigenvalue weighted by atomic mass is 16.5. The van der Waals surface area contributed by atoms with Gasteiger partial charge in [0.2, 0.25) is 11.9 Å². The van der Waals surface area contributed by atoms with Crippen LogP contribution in [0.4, 0.5) is 10.7 Å². The highest BCUT2D eigenvalue weighted by molar-refractivity contribution is 6.18. The number of benzene rings is 1. The lowest BCUT2D eigenvalue weighted by Crippen LogP contribution is -2.61. The lowest BCUT2D eigenvalue weighted by atomic mass is 10.2. The summed E-state index contributed by atoms with van der Waals surface area (Å²) in [6.45, 7) is 5.46. The zero-order valence-corrected chi connectivity index (χ0v) is 17.0. The Kier molecular flexibility index (Phi) is 4.83. The van der Waals surface area contributed by atoms with Crippen molar-refractivity contribution >= 4 is 23.7 Å². The maximum absolute atomic E-state index is 12.8. The highest BCUT2D eigenvalue weighted by Crippen LogP contribution is 2.33. The zero-order chi connectivity index (χ0) is 20.7. The Morgan fingerprint density at radius 2 is 1.90 bits per heavy atom. The van der Waals surface area contributed by atoms with Gasteiger partial charge in [-0.3, -0.25) is 14.6 Å². The van der Waals surface area contributed by atoms with Crippen molar-refractivity contribution in [3.63, 3.8) is 0 Å². The minimum absolute atomic E-state index is 0.297. The molecule has 9 heteroatoms. The molecule has 0 spiro atoms. The van der Waals surface area contributed by atoms with Gasteiger partial charge in [-0.1, -0.05) is 17.1 Å². The van der Waals surface area contributed by atoms with E-state index in [0.717, 1.165) is 16.3 Å². The Hall–Kier alpha value is -3.20. The number of hydrogen-bond donors (Lipinski definition) is 0. The smallest absolute Gasteiger partial charge is 0.407 e. The number of nitrogens with zero attached hydrogens (tertiary/aromatic N) is 5. The first kappa shape index (κ1) is 19.1. The van der Waals surface area contributed by atoms with Gasteiger partial charge >= 0.3 is 12.0 Å². The number of carbonyl (C=O) groups is 2. The molecule has 1 unspecified atom stereocenters. The molecule has 1 aromatic carbocycles. The topological polar surface area (TPSA) is 80.2 Å². The molecule has 2 aromatic rings. The van der Waals surface area contributed by atoms with E-state index >= 15 is 0 Å².